The molecule has 0 aliphatic carbocycles. The molecule has 0 radical (unpaired) electrons. The van der Waals surface area contributed by atoms with Crippen LogP contribution in [0.4, 0.5) is 5.13 Å². The van der Waals surface area contributed by atoms with E-state index in [1.54, 1.807) is 7.05 Å². The molecule has 0 bridgehead atoms. The van der Waals surface area contributed by atoms with Gasteiger partial charge in [0, 0.05) is 19.2 Å². The van der Waals surface area contributed by atoms with Gasteiger partial charge in [0.15, 0.2) is 5.13 Å². The average Bonchev–Trinajstić information content (AvgIpc) is 2.81. The maximum absolute atomic E-state index is 12.3. The first-order valence-corrected chi connectivity index (χ1v) is 6.63. The van der Waals surface area contributed by atoms with Crippen molar-refractivity contribution in [3.05, 3.63) is 35.2 Å². The van der Waals surface area contributed by atoms with E-state index >= 15 is 0 Å². The smallest absolute Gasteiger partial charge is 0.266 e. The molecule has 19 heavy (non-hydrogen) atoms. The predicted molar refractivity (Wildman–Crippen MR) is 76.0 cm³/mol. The molecule has 3 N–H and O–H groups in total. The number of aromatic nitrogens is 1. The van der Waals surface area contributed by atoms with E-state index in [-0.39, 0.29) is 19.1 Å². The van der Waals surface area contributed by atoms with Crippen molar-refractivity contribution in [1.82, 2.24) is 9.88 Å². The summed E-state index contributed by atoms with van der Waals surface area (Å²) in [5.41, 5.74) is 7.17. The Morgan fingerprint density at radius 1 is 1.42 bits per heavy atom. The predicted octanol–water partition coefficient (Wildman–Crippen LogP) is 1.46. The number of likely N-dealkylation sites (N-methyl/N-ethyl adjacent to an activating group) is 1. The Bertz CT molecular complexity index is 569. The van der Waals surface area contributed by atoms with Gasteiger partial charge in [-0.05, 0) is 0 Å². The quantitative estimate of drug-likeness (QED) is 0.886. The van der Waals surface area contributed by atoms with Crippen molar-refractivity contribution in [3.8, 4) is 11.3 Å². The van der Waals surface area contributed by atoms with Crippen LogP contribution < -0.4 is 5.73 Å². The number of hydrogen-bond donors (Lipinski definition) is 2. The molecule has 0 aliphatic rings. The third-order valence-electron chi connectivity index (χ3n) is 2.67. The Morgan fingerprint density at radius 3 is 2.74 bits per heavy atom. The standard InChI is InChI=1S/C13H15N3O2S/c1-16(7-8-17)12(18)11-10(15-13(14)19-11)9-5-3-2-4-6-9/h2-6,17H,7-8H2,1H3,(H2,14,15). The maximum Gasteiger partial charge on any atom is 0.266 e. The SMILES string of the molecule is CN(CCO)C(=O)c1sc(N)nc1-c1ccccc1. The molecule has 0 unspecified atom stereocenters. The highest BCUT2D eigenvalue weighted by Crippen LogP contribution is 2.30. The summed E-state index contributed by atoms with van der Waals surface area (Å²) in [5.74, 6) is -0.179. The number of aliphatic hydroxyl groups is 1. The summed E-state index contributed by atoms with van der Waals surface area (Å²) in [5, 5.41) is 9.25. The van der Waals surface area contributed by atoms with Gasteiger partial charge in [0.05, 0.1) is 12.3 Å². The van der Waals surface area contributed by atoms with Crippen molar-refractivity contribution in [2.75, 3.05) is 25.9 Å². The first kappa shape index (κ1) is 13.5. The van der Waals surface area contributed by atoms with Crippen LogP contribution in [-0.4, -0.2) is 41.1 Å². The molecule has 2 rings (SSSR count). The lowest BCUT2D eigenvalue weighted by atomic mass is 10.1. The van der Waals surface area contributed by atoms with Crippen molar-refractivity contribution in [1.29, 1.82) is 0 Å². The van der Waals surface area contributed by atoms with Gasteiger partial charge < -0.3 is 15.7 Å². The highest BCUT2D eigenvalue weighted by atomic mass is 32.1. The number of nitrogens with zero attached hydrogens (tertiary/aromatic N) is 2. The zero-order chi connectivity index (χ0) is 13.8. The third kappa shape index (κ3) is 2.91. The topological polar surface area (TPSA) is 79.5 Å². The molecule has 5 nitrogen and oxygen atoms in total. The van der Waals surface area contributed by atoms with E-state index in [1.807, 2.05) is 30.3 Å². The zero-order valence-corrected chi connectivity index (χ0v) is 11.4. The Labute approximate surface area is 115 Å². The van der Waals surface area contributed by atoms with Gasteiger partial charge in [0.2, 0.25) is 0 Å². The van der Waals surface area contributed by atoms with E-state index in [1.165, 1.54) is 16.2 Å². The van der Waals surface area contributed by atoms with Crippen LogP contribution in [0, 0.1) is 0 Å². The number of hydrogen-bond acceptors (Lipinski definition) is 5. The first-order valence-electron chi connectivity index (χ1n) is 5.81. The highest BCUT2D eigenvalue weighted by molar-refractivity contribution is 7.17. The lowest BCUT2D eigenvalue weighted by Gasteiger charge is -2.15. The Kier molecular flexibility index (Phi) is 4.13. The van der Waals surface area contributed by atoms with Crippen LogP contribution in [0.1, 0.15) is 9.67 Å². The number of nitrogens with two attached hydrogens (primary N) is 1. The van der Waals surface area contributed by atoms with Crippen molar-refractivity contribution in [2.45, 2.75) is 0 Å². The Balaban J connectivity index is 2.39. The molecule has 0 fully saturated rings. The van der Waals surface area contributed by atoms with Crippen LogP contribution in [0.2, 0.25) is 0 Å². The fourth-order valence-electron chi connectivity index (χ4n) is 1.70. The summed E-state index contributed by atoms with van der Waals surface area (Å²) in [7, 11) is 1.64. The molecule has 1 heterocycles. The van der Waals surface area contributed by atoms with Crippen molar-refractivity contribution in [2.24, 2.45) is 0 Å². The Hall–Kier alpha value is -1.92. The van der Waals surface area contributed by atoms with Crippen LogP contribution >= 0.6 is 11.3 Å². The second-order valence-electron chi connectivity index (χ2n) is 4.05. The second-order valence-corrected chi connectivity index (χ2v) is 5.08. The summed E-state index contributed by atoms with van der Waals surface area (Å²) in [6.07, 6.45) is 0. The number of anilines is 1. The number of nitrogen functional groups attached to an aromatic ring is 1. The summed E-state index contributed by atoms with van der Waals surface area (Å²) >= 11 is 1.17. The van der Waals surface area contributed by atoms with Crippen LogP contribution in [0.5, 0.6) is 0 Å². The summed E-state index contributed by atoms with van der Waals surface area (Å²) < 4.78 is 0. The molecular formula is C13H15N3O2S. The molecule has 0 spiro atoms. The fraction of sp³-hybridized carbons (Fsp3) is 0.231. The zero-order valence-electron chi connectivity index (χ0n) is 10.5. The number of amides is 1. The van der Waals surface area contributed by atoms with Crippen LogP contribution in [0.3, 0.4) is 0 Å². The van der Waals surface area contributed by atoms with E-state index in [0.29, 0.717) is 15.7 Å². The van der Waals surface area contributed by atoms with Gasteiger partial charge in [-0.2, -0.15) is 0 Å². The number of benzene rings is 1. The molecule has 100 valence electrons. The van der Waals surface area contributed by atoms with Gasteiger partial charge in [-0.1, -0.05) is 41.7 Å². The van der Waals surface area contributed by atoms with E-state index in [9.17, 15) is 4.79 Å². The lowest BCUT2D eigenvalue weighted by molar-refractivity contribution is 0.0772. The molecule has 1 amide bonds. The molecule has 0 atom stereocenters. The maximum atomic E-state index is 12.3. The summed E-state index contributed by atoms with van der Waals surface area (Å²) in [6, 6.07) is 9.44. The van der Waals surface area contributed by atoms with Gasteiger partial charge in [-0.15, -0.1) is 0 Å². The highest BCUT2D eigenvalue weighted by Gasteiger charge is 2.21. The summed E-state index contributed by atoms with van der Waals surface area (Å²) in [4.78, 5) is 18.5. The van der Waals surface area contributed by atoms with Crippen molar-refractivity contribution >= 4 is 22.4 Å². The monoisotopic (exact) mass is 277 g/mol. The van der Waals surface area contributed by atoms with Gasteiger partial charge in [0.1, 0.15) is 4.88 Å². The van der Waals surface area contributed by atoms with E-state index in [2.05, 4.69) is 4.98 Å². The third-order valence-corrected chi connectivity index (χ3v) is 3.54. The molecule has 0 saturated carbocycles. The first-order chi connectivity index (χ1) is 9.13. The molecule has 1 aromatic carbocycles. The normalized spacial score (nSPS) is 10.4. The van der Waals surface area contributed by atoms with Gasteiger partial charge >= 0.3 is 0 Å². The van der Waals surface area contributed by atoms with Crippen molar-refractivity contribution in [3.63, 3.8) is 0 Å². The van der Waals surface area contributed by atoms with Gasteiger partial charge in [0.25, 0.3) is 5.91 Å². The number of carbonyl (C=O) groups is 1. The minimum atomic E-state index is -0.179. The molecule has 6 heteroatoms. The lowest BCUT2D eigenvalue weighted by Crippen LogP contribution is -2.29. The van der Waals surface area contributed by atoms with Crippen LogP contribution in [0.25, 0.3) is 11.3 Å². The van der Waals surface area contributed by atoms with E-state index in [4.69, 9.17) is 10.8 Å². The number of aliphatic hydroxyl groups excluding tert-OH is 1. The van der Waals surface area contributed by atoms with E-state index < -0.39 is 0 Å². The van der Waals surface area contributed by atoms with Crippen molar-refractivity contribution < 1.29 is 9.90 Å². The number of thiazole rings is 1. The minimum absolute atomic E-state index is 0.0722. The molecular weight excluding hydrogens is 262 g/mol. The summed E-state index contributed by atoms with van der Waals surface area (Å²) in [6.45, 7) is 0.210. The van der Waals surface area contributed by atoms with Gasteiger partial charge in [-0.25, -0.2) is 4.98 Å². The van der Waals surface area contributed by atoms with Crippen LogP contribution in [-0.2, 0) is 0 Å². The molecule has 0 saturated heterocycles. The van der Waals surface area contributed by atoms with Crippen LogP contribution in [0.15, 0.2) is 30.3 Å². The molecule has 1 aromatic heterocycles. The fourth-order valence-corrected chi connectivity index (χ4v) is 2.55. The number of carbonyl (C=O) groups excluding carboxylic acids is 1. The minimum Gasteiger partial charge on any atom is -0.395 e. The number of rotatable bonds is 4. The van der Waals surface area contributed by atoms with E-state index in [0.717, 1.165) is 5.56 Å². The molecule has 2 aromatic rings. The Morgan fingerprint density at radius 2 is 2.11 bits per heavy atom. The average molecular weight is 277 g/mol. The molecule has 0 aliphatic heterocycles. The largest absolute Gasteiger partial charge is 0.395 e. The van der Waals surface area contributed by atoms with Gasteiger partial charge in [-0.3, -0.25) is 4.79 Å². The second kappa shape index (κ2) is 5.81.